The van der Waals surface area contributed by atoms with Gasteiger partial charge in [-0.3, -0.25) is 14.9 Å². The minimum Gasteiger partial charge on any atom is -0.456 e. The molecule has 1 amide bonds. The van der Waals surface area contributed by atoms with E-state index in [4.69, 9.17) is 4.74 Å². The van der Waals surface area contributed by atoms with Gasteiger partial charge in [0, 0.05) is 5.92 Å². The number of nitrogens with one attached hydrogen (secondary N) is 1. The number of ether oxygens (including phenoxy) is 1. The van der Waals surface area contributed by atoms with E-state index in [0.717, 1.165) is 32.5 Å². The molecule has 4 rings (SSSR count). The number of amides is 1. The van der Waals surface area contributed by atoms with Crippen LogP contribution in [0.4, 0.5) is 5.13 Å². The molecule has 1 N–H and O–H groups in total. The highest BCUT2D eigenvalue weighted by molar-refractivity contribution is 7.22. The summed E-state index contributed by atoms with van der Waals surface area (Å²) in [5, 5.41) is 3.24. The average molecular weight is 445 g/mol. The molecule has 32 heavy (non-hydrogen) atoms. The molecule has 162 valence electrons. The number of nitrogens with zero attached hydrogens (tertiary/aromatic N) is 1. The Morgan fingerprint density at radius 1 is 0.969 bits per heavy atom. The van der Waals surface area contributed by atoms with Gasteiger partial charge in [-0.2, -0.15) is 0 Å². The Labute approximate surface area is 191 Å². The number of fused-ring (bicyclic) bond motifs is 1. The van der Waals surface area contributed by atoms with Crippen molar-refractivity contribution in [2.45, 2.75) is 26.2 Å². The van der Waals surface area contributed by atoms with Crippen molar-refractivity contribution in [1.29, 1.82) is 0 Å². The van der Waals surface area contributed by atoms with Crippen LogP contribution in [0, 0.1) is 13.8 Å². The molecule has 0 saturated heterocycles. The van der Waals surface area contributed by atoms with Crippen LogP contribution in [-0.2, 0) is 14.3 Å². The van der Waals surface area contributed by atoms with Gasteiger partial charge in [0.05, 0.1) is 16.6 Å². The summed E-state index contributed by atoms with van der Waals surface area (Å²) in [7, 11) is 0. The zero-order valence-corrected chi connectivity index (χ0v) is 18.8. The second-order valence-corrected chi connectivity index (χ2v) is 8.77. The Morgan fingerprint density at radius 3 is 2.22 bits per heavy atom. The summed E-state index contributed by atoms with van der Waals surface area (Å²) < 4.78 is 6.31. The maximum Gasteiger partial charge on any atom is 0.307 e. The summed E-state index contributed by atoms with van der Waals surface area (Å²) in [5.74, 6) is -0.959. The zero-order valence-electron chi connectivity index (χ0n) is 18.0. The summed E-state index contributed by atoms with van der Waals surface area (Å²) >= 11 is 1.41. The van der Waals surface area contributed by atoms with Gasteiger partial charge in [-0.15, -0.1) is 0 Å². The first-order chi connectivity index (χ1) is 15.5. The minimum absolute atomic E-state index is 0.136. The number of aryl methyl sites for hydroxylation is 2. The third-order valence-corrected chi connectivity index (χ3v) is 6.13. The van der Waals surface area contributed by atoms with Gasteiger partial charge in [0.1, 0.15) is 0 Å². The number of rotatable bonds is 7. The first-order valence-corrected chi connectivity index (χ1v) is 11.2. The number of carbonyl (C=O) groups is 2. The number of hydrogen-bond donors (Lipinski definition) is 1. The lowest BCUT2D eigenvalue weighted by Gasteiger charge is -2.17. The average Bonchev–Trinajstić information content (AvgIpc) is 3.20. The molecule has 0 saturated carbocycles. The van der Waals surface area contributed by atoms with Gasteiger partial charge in [-0.05, 0) is 42.2 Å². The molecule has 1 heterocycles. The quantitative estimate of drug-likeness (QED) is 0.376. The molecule has 0 unspecified atom stereocenters. The Morgan fingerprint density at radius 2 is 1.59 bits per heavy atom. The van der Waals surface area contributed by atoms with Crippen molar-refractivity contribution in [1.82, 2.24) is 4.98 Å². The second kappa shape index (κ2) is 9.75. The smallest absolute Gasteiger partial charge is 0.307 e. The summed E-state index contributed by atoms with van der Waals surface area (Å²) in [6, 6.07) is 23.8. The molecular formula is C26H24N2O3S. The molecule has 5 nitrogen and oxygen atoms in total. The Balaban J connectivity index is 1.38. The third kappa shape index (κ3) is 5.21. The first-order valence-electron chi connectivity index (χ1n) is 10.4. The van der Waals surface area contributed by atoms with E-state index in [1.807, 2.05) is 80.6 Å². The molecule has 3 aromatic carbocycles. The molecule has 0 aliphatic carbocycles. The highest BCUT2D eigenvalue weighted by Gasteiger charge is 2.20. The molecule has 0 radical (unpaired) electrons. The maximum absolute atomic E-state index is 12.6. The fraction of sp³-hybridized carbons (Fsp3) is 0.192. The van der Waals surface area contributed by atoms with Crippen molar-refractivity contribution in [3.05, 3.63) is 95.1 Å². The topological polar surface area (TPSA) is 68.3 Å². The SMILES string of the molecule is Cc1cc(C)c2nc(NC(=O)COC(=O)CC(c3ccccc3)c3ccccc3)sc2c1. The van der Waals surface area contributed by atoms with Crippen LogP contribution in [0.3, 0.4) is 0 Å². The molecule has 0 spiro atoms. The lowest BCUT2D eigenvalue weighted by atomic mass is 9.89. The summed E-state index contributed by atoms with van der Waals surface area (Å²) in [6.45, 7) is 3.68. The lowest BCUT2D eigenvalue weighted by molar-refractivity contribution is -0.147. The number of thiazole rings is 1. The van der Waals surface area contributed by atoms with Crippen molar-refractivity contribution in [2.75, 3.05) is 11.9 Å². The van der Waals surface area contributed by atoms with Crippen LogP contribution >= 0.6 is 11.3 Å². The summed E-state index contributed by atoms with van der Waals surface area (Å²) in [6.07, 6.45) is 0.154. The fourth-order valence-electron chi connectivity index (χ4n) is 3.75. The third-order valence-electron chi connectivity index (χ3n) is 5.22. The maximum atomic E-state index is 12.6. The number of esters is 1. The Bertz CT molecular complexity index is 1200. The van der Waals surface area contributed by atoms with E-state index >= 15 is 0 Å². The van der Waals surface area contributed by atoms with Gasteiger partial charge in [0.15, 0.2) is 11.7 Å². The lowest BCUT2D eigenvalue weighted by Crippen LogP contribution is -2.21. The van der Waals surface area contributed by atoms with Crippen LogP contribution in [0.2, 0.25) is 0 Å². The summed E-state index contributed by atoms with van der Waals surface area (Å²) in [5.41, 5.74) is 5.15. The van der Waals surface area contributed by atoms with Crippen LogP contribution in [0.5, 0.6) is 0 Å². The number of hydrogen-bond acceptors (Lipinski definition) is 5. The minimum atomic E-state index is -0.423. The predicted molar refractivity (Wildman–Crippen MR) is 128 cm³/mol. The fourth-order valence-corrected chi connectivity index (χ4v) is 4.81. The van der Waals surface area contributed by atoms with E-state index in [-0.39, 0.29) is 18.9 Å². The van der Waals surface area contributed by atoms with Gasteiger partial charge >= 0.3 is 5.97 Å². The molecule has 0 fully saturated rings. The number of carbonyl (C=O) groups excluding carboxylic acids is 2. The van der Waals surface area contributed by atoms with Gasteiger partial charge in [-0.25, -0.2) is 4.98 Å². The molecule has 6 heteroatoms. The van der Waals surface area contributed by atoms with Gasteiger partial charge in [-0.1, -0.05) is 78.1 Å². The monoisotopic (exact) mass is 444 g/mol. The van der Waals surface area contributed by atoms with Crippen molar-refractivity contribution < 1.29 is 14.3 Å². The molecule has 4 aromatic rings. The van der Waals surface area contributed by atoms with E-state index < -0.39 is 11.9 Å². The first kappa shape index (κ1) is 21.7. The Hall–Kier alpha value is -3.51. The van der Waals surface area contributed by atoms with E-state index in [0.29, 0.717) is 5.13 Å². The van der Waals surface area contributed by atoms with Crippen LogP contribution in [0.25, 0.3) is 10.2 Å². The van der Waals surface area contributed by atoms with Gasteiger partial charge < -0.3 is 4.74 Å². The summed E-state index contributed by atoms with van der Waals surface area (Å²) in [4.78, 5) is 29.4. The molecule has 0 aliphatic heterocycles. The van der Waals surface area contributed by atoms with E-state index in [1.165, 1.54) is 11.3 Å². The molecule has 1 aromatic heterocycles. The standard InChI is InChI=1S/C26H24N2O3S/c1-17-13-18(2)25-22(14-17)32-26(28-25)27-23(29)16-31-24(30)15-21(19-9-5-3-6-10-19)20-11-7-4-8-12-20/h3-14,21H,15-16H2,1-2H3,(H,27,28,29). The molecular weight excluding hydrogens is 420 g/mol. The van der Waals surface area contributed by atoms with Crippen molar-refractivity contribution >= 4 is 38.6 Å². The van der Waals surface area contributed by atoms with Crippen molar-refractivity contribution in [3.63, 3.8) is 0 Å². The number of anilines is 1. The number of benzene rings is 3. The van der Waals surface area contributed by atoms with E-state index in [1.54, 1.807) is 0 Å². The molecule has 0 bridgehead atoms. The van der Waals surface area contributed by atoms with E-state index in [2.05, 4.69) is 16.4 Å². The second-order valence-electron chi connectivity index (χ2n) is 7.73. The van der Waals surface area contributed by atoms with Gasteiger partial charge in [0.2, 0.25) is 0 Å². The molecule has 0 atom stereocenters. The highest BCUT2D eigenvalue weighted by Crippen LogP contribution is 2.30. The van der Waals surface area contributed by atoms with Crippen LogP contribution in [0.15, 0.2) is 72.8 Å². The van der Waals surface area contributed by atoms with E-state index in [9.17, 15) is 9.59 Å². The van der Waals surface area contributed by atoms with Crippen LogP contribution < -0.4 is 5.32 Å². The van der Waals surface area contributed by atoms with Crippen LogP contribution in [-0.4, -0.2) is 23.5 Å². The van der Waals surface area contributed by atoms with Crippen molar-refractivity contribution in [3.8, 4) is 0 Å². The predicted octanol–water partition coefficient (Wildman–Crippen LogP) is 5.62. The highest BCUT2D eigenvalue weighted by atomic mass is 32.1. The molecule has 0 aliphatic rings. The number of aromatic nitrogens is 1. The normalized spacial score (nSPS) is 11.0. The van der Waals surface area contributed by atoms with Crippen molar-refractivity contribution in [2.24, 2.45) is 0 Å². The zero-order chi connectivity index (χ0) is 22.5. The Kier molecular flexibility index (Phi) is 6.61. The largest absolute Gasteiger partial charge is 0.456 e. The van der Waals surface area contributed by atoms with Gasteiger partial charge in [0.25, 0.3) is 5.91 Å². The van der Waals surface area contributed by atoms with Crippen LogP contribution in [0.1, 0.15) is 34.6 Å².